The molecule has 0 aromatic rings. The zero-order valence-electron chi connectivity index (χ0n) is 52.0. The Labute approximate surface area is 494 Å². The van der Waals surface area contributed by atoms with Gasteiger partial charge in [-0.05, 0) is 135 Å². The maximum atomic E-state index is 12.9. The van der Waals surface area contributed by atoms with Crippen molar-refractivity contribution in [2.75, 3.05) is 13.2 Å². The zero-order chi connectivity index (χ0) is 57.8. The lowest BCUT2D eigenvalue weighted by molar-refractivity contribution is -0.167. The van der Waals surface area contributed by atoms with E-state index in [4.69, 9.17) is 14.2 Å². The number of unbranched alkanes of at least 4 members (excludes halogenated alkanes) is 26. The van der Waals surface area contributed by atoms with Crippen molar-refractivity contribution >= 4 is 17.9 Å². The Bertz CT molecular complexity index is 1700. The molecule has 0 fully saturated rings. The fourth-order valence-corrected chi connectivity index (χ4v) is 8.96. The second-order valence-corrected chi connectivity index (χ2v) is 21.6. The van der Waals surface area contributed by atoms with Crippen molar-refractivity contribution in [2.45, 2.75) is 303 Å². The lowest BCUT2D eigenvalue weighted by atomic mass is 10.0. The lowest BCUT2D eigenvalue weighted by Crippen LogP contribution is -2.30. The van der Waals surface area contributed by atoms with Crippen molar-refractivity contribution in [1.29, 1.82) is 0 Å². The van der Waals surface area contributed by atoms with Gasteiger partial charge in [0.1, 0.15) is 13.2 Å². The Kier molecular flexibility index (Phi) is 63.3. The average Bonchev–Trinajstić information content (AvgIpc) is 3.46. The first kappa shape index (κ1) is 75.5. The van der Waals surface area contributed by atoms with E-state index >= 15 is 0 Å². The largest absolute Gasteiger partial charge is 0.462 e. The SMILES string of the molecule is CC/C=C\C/C=C\C/C=C\C/C=C\C/C=C\CCCCCCCCCCCCCCCC(=O)OCC(COC(=O)CCCCCCC/C=C\C/C=C\CCCCCC)OC(=O)CCCCCC/C=C\C/C=C\C/C=C\C/C=C\CC. The Morgan fingerprint density at radius 2 is 0.487 bits per heavy atom. The molecule has 0 aromatic heterocycles. The molecule has 0 N–H and O–H groups in total. The van der Waals surface area contributed by atoms with Crippen molar-refractivity contribution in [3.63, 3.8) is 0 Å². The van der Waals surface area contributed by atoms with Gasteiger partial charge in [-0.25, -0.2) is 0 Å². The minimum atomic E-state index is -0.803. The number of carbonyl (C=O) groups is 3. The summed E-state index contributed by atoms with van der Waals surface area (Å²) in [7, 11) is 0. The van der Waals surface area contributed by atoms with E-state index in [0.717, 1.165) is 154 Å². The van der Waals surface area contributed by atoms with E-state index in [9.17, 15) is 14.4 Å². The second-order valence-electron chi connectivity index (χ2n) is 21.6. The average molecular weight is 1110 g/mol. The number of hydrogen-bond donors (Lipinski definition) is 0. The number of hydrogen-bond acceptors (Lipinski definition) is 6. The van der Waals surface area contributed by atoms with Crippen LogP contribution in [0, 0.1) is 0 Å². The molecular formula is C74H122O6. The number of rotatable bonds is 59. The van der Waals surface area contributed by atoms with E-state index in [-0.39, 0.29) is 31.1 Å². The molecule has 0 heterocycles. The fourth-order valence-electron chi connectivity index (χ4n) is 8.96. The van der Waals surface area contributed by atoms with Gasteiger partial charge in [0, 0.05) is 19.3 Å². The van der Waals surface area contributed by atoms with Crippen LogP contribution in [0.15, 0.2) is 134 Å². The summed E-state index contributed by atoms with van der Waals surface area (Å²) >= 11 is 0. The predicted molar refractivity (Wildman–Crippen MR) is 348 cm³/mol. The second kappa shape index (κ2) is 67.1. The first-order valence-electron chi connectivity index (χ1n) is 33.2. The summed E-state index contributed by atoms with van der Waals surface area (Å²) in [6.07, 6.45) is 94.6. The van der Waals surface area contributed by atoms with Crippen LogP contribution in [0.4, 0.5) is 0 Å². The van der Waals surface area contributed by atoms with Gasteiger partial charge >= 0.3 is 17.9 Å². The van der Waals surface area contributed by atoms with Gasteiger partial charge in [0.25, 0.3) is 0 Å². The van der Waals surface area contributed by atoms with Gasteiger partial charge in [-0.3, -0.25) is 14.4 Å². The van der Waals surface area contributed by atoms with Gasteiger partial charge in [0.15, 0.2) is 6.10 Å². The molecule has 6 nitrogen and oxygen atoms in total. The van der Waals surface area contributed by atoms with E-state index < -0.39 is 6.10 Å². The molecule has 1 unspecified atom stereocenters. The van der Waals surface area contributed by atoms with E-state index in [1.54, 1.807) is 0 Å². The molecule has 0 aliphatic carbocycles. The molecule has 0 aliphatic rings. The van der Waals surface area contributed by atoms with E-state index in [1.807, 2.05) is 0 Å². The maximum absolute atomic E-state index is 12.9. The van der Waals surface area contributed by atoms with Crippen LogP contribution < -0.4 is 0 Å². The smallest absolute Gasteiger partial charge is 0.306 e. The van der Waals surface area contributed by atoms with Gasteiger partial charge in [-0.1, -0.05) is 276 Å². The lowest BCUT2D eigenvalue weighted by Gasteiger charge is -2.18. The summed E-state index contributed by atoms with van der Waals surface area (Å²) in [5.74, 6) is -0.930. The minimum absolute atomic E-state index is 0.0956. The molecule has 0 aliphatic heterocycles. The van der Waals surface area contributed by atoms with Crippen LogP contribution in [0.1, 0.15) is 297 Å². The van der Waals surface area contributed by atoms with Crippen LogP contribution in [-0.4, -0.2) is 37.2 Å². The zero-order valence-corrected chi connectivity index (χ0v) is 52.0. The number of esters is 3. The molecule has 0 radical (unpaired) electrons. The first-order valence-corrected chi connectivity index (χ1v) is 33.2. The maximum Gasteiger partial charge on any atom is 0.306 e. The van der Waals surface area contributed by atoms with Crippen LogP contribution in [-0.2, 0) is 28.6 Å². The van der Waals surface area contributed by atoms with Crippen LogP contribution in [0.25, 0.3) is 0 Å². The Morgan fingerprint density at radius 3 is 0.762 bits per heavy atom. The van der Waals surface area contributed by atoms with Crippen LogP contribution in [0.5, 0.6) is 0 Å². The summed E-state index contributed by atoms with van der Waals surface area (Å²) in [6, 6.07) is 0. The van der Waals surface area contributed by atoms with Crippen molar-refractivity contribution in [1.82, 2.24) is 0 Å². The molecule has 1 atom stereocenters. The highest BCUT2D eigenvalue weighted by Gasteiger charge is 2.19. The highest BCUT2D eigenvalue weighted by atomic mass is 16.6. The summed E-state index contributed by atoms with van der Waals surface area (Å²) < 4.78 is 16.9. The predicted octanol–water partition coefficient (Wildman–Crippen LogP) is 22.9. The number of carbonyl (C=O) groups excluding carboxylic acids is 3. The molecular weight excluding hydrogens is 985 g/mol. The molecule has 0 spiro atoms. The summed E-state index contributed by atoms with van der Waals surface area (Å²) in [4.78, 5) is 38.4. The molecule has 0 saturated carbocycles. The third-order valence-electron chi connectivity index (χ3n) is 13.9. The minimum Gasteiger partial charge on any atom is -0.462 e. The quantitative estimate of drug-likeness (QED) is 0.0261. The van der Waals surface area contributed by atoms with Crippen LogP contribution >= 0.6 is 0 Å². The first-order chi connectivity index (χ1) is 39.5. The van der Waals surface area contributed by atoms with Crippen molar-refractivity contribution < 1.29 is 28.6 Å². The summed E-state index contributed by atoms with van der Waals surface area (Å²) in [5.41, 5.74) is 0. The van der Waals surface area contributed by atoms with Gasteiger partial charge in [0.2, 0.25) is 0 Å². The Morgan fingerprint density at radius 1 is 0.263 bits per heavy atom. The standard InChI is InChI=1S/C74H122O6/c1-4-7-10-13-16-19-22-25-28-31-32-33-34-35-36-37-38-39-40-41-42-44-46-49-52-55-58-61-64-67-73(76)79-70-71(69-78-72(75)66-63-60-57-54-51-48-45-30-27-24-21-18-15-12-9-6-3)80-74(77)68-65-62-59-56-53-50-47-43-29-26-23-20-17-14-11-8-5-2/h7-8,10-11,16-17,19-21,24-26,28-30,32-33,35-36,45,47,50,71H,4-6,9,12-15,18,22-23,27,31,34,37-44,46,48-49,51-70H2,1-3H3/b10-7-,11-8-,19-16-,20-17-,24-21-,28-25-,29-26-,33-32-,36-35-,45-30-,50-47-. The number of allylic oxidation sites excluding steroid dienone is 22. The molecule has 0 saturated heterocycles. The Balaban J connectivity index is 4.35. The Hall–Kier alpha value is -4.45. The van der Waals surface area contributed by atoms with Gasteiger partial charge in [0.05, 0.1) is 0 Å². The van der Waals surface area contributed by atoms with Crippen LogP contribution in [0.3, 0.4) is 0 Å². The van der Waals surface area contributed by atoms with Gasteiger partial charge in [-0.2, -0.15) is 0 Å². The third kappa shape index (κ3) is 64.4. The normalized spacial score (nSPS) is 13.0. The van der Waals surface area contributed by atoms with E-state index in [1.165, 1.54) is 103 Å². The molecule has 0 aromatic carbocycles. The molecule has 0 amide bonds. The van der Waals surface area contributed by atoms with Gasteiger partial charge < -0.3 is 14.2 Å². The fraction of sp³-hybridized carbons (Fsp3) is 0.662. The molecule has 6 heteroatoms. The van der Waals surface area contributed by atoms with Crippen molar-refractivity contribution in [3.8, 4) is 0 Å². The monoisotopic (exact) mass is 1110 g/mol. The molecule has 454 valence electrons. The molecule has 80 heavy (non-hydrogen) atoms. The topological polar surface area (TPSA) is 78.9 Å². The van der Waals surface area contributed by atoms with Crippen LogP contribution in [0.2, 0.25) is 0 Å². The van der Waals surface area contributed by atoms with E-state index in [0.29, 0.717) is 19.3 Å². The highest BCUT2D eigenvalue weighted by molar-refractivity contribution is 5.71. The van der Waals surface area contributed by atoms with Gasteiger partial charge in [-0.15, -0.1) is 0 Å². The summed E-state index contributed by atoms with van der Waals surface area (Å²) in [6.45, 7) is 6.38. The van der Waals surface area contributed by atoms with E-state index in [2.05, 4.69) is 154 Å². The summed E-state index contributed by atoms with van der Waals surface area (Å²) in [5, 5.41) is 0. The third-order valence-corrected chi connectivity index (χ3v) is 13.9. The number of ether oxygens (including phenoxy) is 3. The highest BCUT2D eigenvalue weighted by Crippen LogP contribution is 2.16. The molecule has 0 bridgehead atoms. The van der Waals surface area contributed by atoms with Crippen molar-refractivity contribution in [2.24, 2.45) is 0 Å². The van der Waals surface area contributed by atoms with Crippen molar-refractivity contribution in [3.05, 3.63) is 134 Å². The molecule has 0 rings (SSSR count).